The number of para-hydroxylation sites is 1. The molecule has 0 fully saturated rings. The van der Waals surface area contributed by atoms with Gasteiger partial charge in [0.25, 0.3) is 0 Å². The van der Waals surface area contributed by atoms with Crippen LogP contribution in [0.3, 0.4) is 0 Å². The van der Waals surface area contributed by atoms with Crippen molar-refractivity contribution in [1.82, 2.24) is 0 Å². The second-order valence-electron chi connectivity index (χ2n) is 2.43. The zero-order valence-electron chi connectivity index (χ0n) is 6.51. The number of hydrogen-bond acceptors (Lipinski definition) is 1. The summed E-state index contributed by atoms with van der Waals surface area (Å²) in [6.07, 6.45) is 2.26. The molecular formula is C9H11IO. The zero-order chi connectivity index (χ0) is 8.10. The van der Waals surface area contributed by atoms with Crippen LogP contribution in [0.15, 0.2) is 24.3 Å². The van der Waals surface area contributed by atoms with Crippen LogP contribution >= 0.6 is 23.0 Å². The van der Waals surface area contributed by atoms with E-state index in [-0.39, 0.29) is 0 Å². The van der Waals surface area contributed by atoms with Gasteiger partial charge in [-0.3, -0.25) is 0 Å². The summed E-state index contributed by atoms with van der Waals surface area (Å²) in [4.78, 5) is 0. The molecule has 0 aliphatic carbocycles. The maximum atomic E-state index is 5.17. The molecule has 0 heterocycles. The quantitative estimate of drug-likeness (QED) is 0.759. The first kappa shape index (κ1) is 8.84. The molecule has 1 aromatic carbocycles. The lowest BCUT2D eigenvalue weighted by Gasteiger charge is -2.03. The van der Waals surface area contributed by atoms with E-state index in [1.807, 2.05) is 41.2 Å². The number of rotatable bonds is 3. The lowest BCUT2D eigenvalue weighted by atomic mass is 10.1. The fourth-order valence-corrected chi connectivity index (χ4v) is 1.48. The van der Waals surface area contributed by atoms with Crippen LogP contribution in [0.5, 0.6) is 5.75 Å². The van der Waals surface area contributed by atoms with E-state index in [9.17, 15) is 0 Å². The van der Waals surface area contributed by atoms with Crippen LogP contribution < -0.4 is 3.07 Å². The van der Waals surface area contributed by atoms with Gasteiger partial charge in [0.15, 0.2) is 23.0 Å². The van der Waals surface area contributed by atoms with E-state index < -0.39 is 0 Å². The Morgan fingerprint density at radius 2 is 2.09 bits per heavy atom. The zero-order valence-corrected chi connectivity index (χ0v) is 8.67. The summed E-state index contributed by atoms with van der Waals surface area (Å²) in [7, 11) is 0. The van der Waals surface area contributed by atoms with E-state index >= 15 is 0 Å². The van der Waals surface area contributed by atoms with Crippen molar-refractivity contribution in [2.45, 2.75) is 19.8 Å². The first-order valence-electron chi connectivity index (χ1n) is 3.75. The predicted molar refractivity (Wildman–Crippen MR) is 55.1 cm³/mol. The molecule has 0 aliphatic heterocycles. The minimum Gasteiger partial charge on any atom is -0.427 e. The molecule has 0 aliphatic rings. The van der Waals surface area contributed by atoms with Gasteiger partial charge in [-0.25, -0.2) is 0 Å². The Morgan fingerprint density at radius 3 is 2.73 bits per heavy atom. The lowest BCUT2D eigenvalue weighted by Crippen LogP contribution is -1.86. The summed E-state index contributed by atoms with van der Waals surface area (Å²) in [5.74, 6) is 0.995. The van der Waals surface area contributed by atoms with E-state index in [0.717, 1.165) is 18.6 Å². The first-order valence-corrected chi connectivity index (χ1v) is 4.63. The Kier molecular flexibility index (Phi) is 3.69. The minimum atomic E-state index is 0.995. The molecule has 0 saturated carbocycles. The van der Waals surface area contributed by atoms with Crippen molar-refractivity contribution in [3.05, 3.63) is 29.8 Å². The summed E-state index contributed by atoms with van der Waals surface area (Å²) in [5.41, 5.74) is 1.30. The molecule has 1 rings (SSSR count). The maximum Gasteiger partial charge on any atom is 0.192 e. The van der Waals surface area contributed by atoms with Crippen molar-refractivity contribution in [3.63, 3.8) is 0 Å². The Balaban J connectivity index is 2.83. The van der Waals surface area contributed by atoms with Crippen molar-refractivity contribution in [3.8, 4) is 5.75 Å². The fourth-order valence-electron chi connectivity index (χ4n) is 1.05. The van der Waals surface area contributed by atoms with Crippen molar-refractivity contribution >= 4 is 23.0 Å². The van der Waals surface area contributed by atoms with Crippen LogP contribution in [0.25, 0.3) is 0 Å². The highest BCUT2D eigenvalue weighted by Crippen LogP contribution is 2.20. The van der Waals surface area contributed by atoms with E-state index in [0.29, 0.717) is 0 Å². The second kappa shape index (κ2) is 4.59. The second-order valence-corrected chi connectivity index (χ2v) is 2.88. The van der Waals surface area contributed by atoms with Crippen LogP contribution in [-0.2, 0) is 6.42 Å². The van der Waals surface area contributed by atoms with Gasteiger partial charge >= 0.3 is 0 Å². The Bertz CT molecular complexity index is 223. The smallest absolute Gasteiger partial charge is 0.192 e. The largest absolute Gasteiger partial charge is 0.427 e. The number of aryl methyl sites for hydroxylation is 1. The average Bonchev–Trinajstić information content (AvgIpc) is 2.06. The molecule has 1 aromatic rings. The third-order valence-corrected chi connectivity index (χ3v) is 2.05. The van der Waals surface area contributed by atoms with E-state index in [1.54, 1.807) is 0 Å². The molecule has 0 unspecified atom stereocenters. The van der Waals surface area contributed by atoms with Crippen LogP contribution in [0, 0.1) is 0 Å². The molecular weight excluding hydrogens is 251 g/mol. The SMILES string of the molecule is CCCc1ccccc1OI. The van der Waals surface area contributed by atoms with Crippen LogP contribution in [-0.4, -0.2) is 0 Å². The summed E-state index contributed by atoms with van der Waals surface area (Å²) < 4.78 is 5.17. The van der Waals surface area contributed by atoms with Gasteiger partial charge in [-0.2, -0.15) is 0 Å². The molecule has 60 valence electrons. The van der Waals surface area contributed by atoms with Crippen molar-refractivity contribution in [2.75, 3.05) is 0 Å². The highest BCUT2D eigenvalue weighted by molar-refractivity contribution is 14.1. The molecule has 0 saturated heterocycles. The lowest BCUT2D eigenvalue weighted by molar-refractivity contribution is 0.696. The molecule has 0 atom stereocenters. The summed E-state index contributed by atoms with van der Waals surface area (Å²) in [6, 6.07) is 8.15. The Morgan fingerprint density at radius 1 is 1.36 bits per heavy atom. The molecule has 0 N–H and O–H groups in total. The maximum absolute atomic E-state index is 5.17. The fraction of sp³-hybridized carbons (Fsp3) is 0.333. The van der Waals surface area contributed by atoms with Gasteiger partial charge in [0.2, 0.25) is 0 Å². The molecule has 0 radical (unpaired) electrons. The normalized spacial score (nSPS) is 9.64. The number of hydrogen-bond donors (Lipinski definition) is 0. The summed E-state index contributed by atoms with van der Waals surface area (Å²) >= 11 is 1.92. The van der Waals surface area contributed by atoms with Gasteiger partial charge in [0.1, 0.15) is 5.75 Å². The van der Waals surface area contributed by atoms with Crippen LogP contribution in [0.1, 0.15) is 18.9 Å². The third-order valence-electron chi connectivity index (χ3n) is 1.58. The van der Waals surface area contributed by atoms with Gasteiger partial charge in [0.05, 0.1) is 0 Å². The summed E-state index contributed by atoms with van der Waals surface area (Å²) in [6.45, 7) is 2.17. The number of benzene rings is 1. The first-order chi connectivity index (χ1) is 5.38. The standard InChI is InChI=1S/C9H11IO/c1-2-5-8-6-3-4-7-9(8)11-10/h3-4,6-7H,2,5H2,1H3. The Labute approximate surface area is 81.5 Å². The number of halogens is 1. The van der Waals surface area contributed by atoms with Crippen molar-refractivity contribution < 1.29 is 3.07 Å². The van der Waals surface area contributed by atoms with Gasteiger partial charge in [0, 0.05) is 0 Å². The minimum absolute atomic E-state index is 0.995. The van der Waals surface area contributed by atoms with Gasteiger partial charge in [-0.15, -0.1) is 0 Å². The molecule has 11 heavy (non-hydrogen) atoms. The van der Waals surface area contributed by atoms with E-state index in [4.69, 9.17) is 3.07 Å². The van der Waals surface area contributed by atoms with Crippen LogP contribution in [0.4, 0.5) is 0 Å². The van der Waals surface area contributed by atoms with Gasteiger partial charge in [-0.05, 0) is 18.1 Å². The Hall–Kier alpha value is -0.250. The molecule has 2 heteroatoms. The topological polar surface area (TPSA) is 9.23 Å². The molecule has 0 spiro atoms. The molecule has 0 bridgehead atoms. The van der Waals surface area contributed by atoms with Gasteiger partial charge in [-0.1, -0.05) is 31.5 Å². The molecule has 1 nitrogen and oxygen atoms in total. The van der Waals surface area contributed by atoms with Crippen LogP contribution in [0.2, 0.25) is 0 Å². The van der Waals surface area contributed by atoms with E-state index in [1.165, 1.54) is 5.56 Å². The van der Waals surface area contributed by atoms with Gasteiger partial charge < -0.3 is 3.07 Å². The highest BCUT2D eigenvalue weighted by Gasteiger charge is 1.98. The predicted octanol–water partition coefficient (Wildman–Crippen LogP) is 3.37. The van der Waals surface area contributed by atoms with E-state index in [2.05, 4.69) is 13.0 Å². The van der Waals surface area contributed by atoms with Crippen molar-refractivity contribution in [1.29, 1.82) is 0 Å². The average molecular weight is 262 g/mol. The monoisotopic (exact) mass is 262 g/mol. The molecule has 0 aromatic heterocycles. The third kappa shape index (κ3) is 2.36. The summed E-state index contributed by atoms with van der Waals surface area (Å²) in [5, 5.41) is 0. The highest BCUT2D eigenvalue weighted by atomic mass is 127. The molecule has 0 amide bonds. The van der Waals surface area contributed by atoms with Crippen molar-refractivity contribution in [2.24, 2.45) is 0 Å².